The molecular formula is C10H14N2O4. The summed E-state index contributed by atoms with van der Waals surface area (Å²) in [5, 5.41) is 18.5. The van der Waals surface area contributed by atoms with E-state index >= 15 is 0 Å². The minimum atomic E-state index is -0.691. The van der Waals surface area contributed by atoms with Crippen LogP contribution in [0, 0.1) is 6.92 Å². The molecule has 1 aliphatic rings. The molecule has 16 heavy (non-hydrogen) atoms. The molecule has 1 aliphatic heterocycles. The van der Waals surface area contributed by atoms with Gasteiger partial charge in [-0.3, -0.25) is 4.79 Å². The summed E-state index contributed by atoms with van der Waals surface area (Å²) in [5.41, 5.74) is 0.705. The quantitative estimate of drug-likeness (QED) is 0.617. The smallest absolute Gasteiger partial charge is 0.269 e. The van der Waals surface area contributed by atoms with E-state index in [1.165, 1.54) is 6.20 Å². The number of rotatable bonds is 2. The molecule has 0 amide bonds. The predicted octanol–water partition coefficient (Wildman–Crippen LogP) is -0.738. The van der Waals surface area contributed by atoms with Crippen LogP contribution in [0.2, 0.25) is 0 Å². The number of aliphatic hydroxyl groups excluding tert-OH is 2. The largest absolute Gasteiger partial charge is 0.394 e. The number of aryl methyl sites for hydroxylation is 1. The van der Waals surface area contributed by atoms with Crippen molar-refractivity contribution in [1.82, 2.24) is 9.97 Å². The average molecular weight is 226 g/mol. The summed E-state index contributed by atoms with van der Waals surface area (Å²) in [6, 6.07) is 0. The lowest BCUT2D eigenvalue weighted by atomic mass is 10.1. The number of aliphatic hydroxyl groups is 2. The number of H-pyrrole nitrogens is 1. The highest BCUT2D eigenvalue weighted by Crippen LogP contribution is 2.31. The zero-order chi connectivity index (χ0) is 11.7. The number of ether oxygens (including phenoxy) is 1. The van der Waals surface area contributed by atoms with Gasteiger partial charge in [0.2, 0.25) is 0 Å². The van der Waals surface area contributed by atoms with E-state index < -0.39 is 12.2 Å². The van der Waals surface area contributed by atoms with Gasteiger partial charge >= 0.3 is 0 Å². The SMILES string of the molecule is Cc1nc(C2CC(O)C(CO)O2)c[nH]c1=O. The Bertz CT molecular complexity index is 431. The van der Waals surface area contributed by atoms with E-state index in [9.17, 15) is 9.90 Å². The molecule has 6 heteroatoms. The Morgan fingerprint density at radius 3 is 3.00 bits per heavy atom. The normalized spacial score (nSPS) is 29.6. The Balaban J connectivity index is 2.20. The van der Waals surface area contributed by atoms with Gasteiger partial charge in [-0.05, 0) is 6.92 Å². The number of aromatic nitrogens is 2. The lowest BCUT2D eigenvalue weighted by Gasteiger charge is -2.11. The number of hydrogen-bond acceptors (Lipinski definition) is 5. The van der Waals surface area contributed by atoms with Gasteiger partial charge in [-0.15, -0.1) is 0 Å². The van der Waals surface area contributed by atoms with Crippen LogP contribution in [-0.2, 0) is 4.74 Å². The molecule has 0 aromatic carbocycles. The molecule has 0 aliphatic carbocycles. The van der Waals surface area contributed by atoms with Gasteiger partial charge in [-0.2, -0.15) is 0 Å². The summed E-state index contributed by atoms with van der Waals surface area (Å²) >= 11 is 0. The van der Waals surface area contributed by atoms with Crippen molar-refractivity contribution >= 4 is 0 Å². The fourth-order valence-corrected chi connectivity index (χ4v) is 1.77. The van der Waals surface area contributed by atoms with Crippen LogP contribution in [0.15, 0.2) is 11.0 Å². The lowest BCUT2D eigenvalue weighted by molar-refractivity contribution is -0.0237. The highest BCUT2D eigenvalue weighted by atomic mass is 16.5. The predicted molar refractivity (Wildman–Crippen MR) is 54.9 cm³/mol. The fraction of sp³-hybridized carbons (Fsp3) is 0.600. The molecule has 1 aromatic rings. The number of nitrogens with zero attached hydrogens (tertiary/aromatic N) is 1. The average Bonchev–Trinajstić information content (AvgIpc) is 2.64. The maximum absolute atomic E-state index is 11.1. The molecule has 0 bridgehead atoms. The Morgan fingerprint density at radius 1 is 1.69 bits per heavy atom. The Hall–Kier alpha value is -1.24. The van der Waals surface area contributed by atoms with Crippen LogP contribution in [0.25, 0.3) is 0 Å². The first kappa shape index (κ1) is 11.3. The van der Waals surface area contributed by atoms with Crippen LogP contribution in [0.1, 0.15) is 23.9 Å². The van der Waals surface area contributed by atoms with Crippen molar-refractivity contribution in [3.8, 4) is 0 Å². The van der Waals surface area contributed by atoms with Gasteiger partial charge in [0.25, 0.3) is 5.56 Å². The van der Waals surface area contributed by atoms with E-state index in [0.29, 0.717) is 17.8 Å². The van der Waals surface area contributed by atoms with Crippen LogP contribution in [-0.4, -0.2) is 39.0 Å². The Morgan fingerprint density at radius 2 is 2.44 bits per heavy atom. The third kappa shape index (κ3) is 1.99. The van der Waals surface area contributed by atoms with Crippen LogP contribution in [0.5, 0.6) is 0 Å². The molecule has 0 saturated carbocycles. The molecule has 3 N–H and O–H groups in total. The van der Waals surface area contributed by atoms with E-state index in [0.717, 1.165) is 0 Å². The first-order valence-corrected chi connectivity index (χ1v) is 5.12. The fourth-order valence-electron chi connectivity index (χ4n) is 1.77. The molecule has 6 nitrogen and oxygen atoms in total. The van der Waals surface area contributed by atoms with E-state index in [4.69, 9.17) is 9.84 Å². The molecular weight excluding hydrogens is 212 g/mol. The molecule has 88 valence electrons. The summed E-state index contributed by atoms with van der Waals surface area (Å²) < 4.78 is 5.42. The monoisotopic (exact) mass is 226 g/mol. The van der Waals surface area contributed by atoms with Crippen molar-refractivity contribution in [2.75, 3.05) is 6.61 Å². The van der Waals surface area contributed by atoms with Crippen molar-refractivity contribution < 1.29 is 14.9 Å². The molecule has 0 spiro atoms. The van der Waals surface area contributed by atoms with E-state index in [2.05, 4.69) is 9.97 Å². The van der Waals surface area contributed by atoms with E-state index in [1.807, 2.05) is 0 Å². The first-order chi connectivity index (χ1) is 7.61. The van der Waals surface area contributed by atoms with Crippen molar-refractivity contribution in [3.05, 3.63) is 27.9 Å². The Labute approximate surface area is 91.9 Å². The zero-order valence-corrected chi connectivity index (χ0v) is 8.88. The lowest BCUT2D eigenvalue weighted by Crippen LogP contribution is -2.24. The third-order valence-electron chi connectivity index (χ3n) is 2.71. The van der Waals surface area contributed by atoms with Crippen molar-refractivity contribution in [2.45, 2.75) is 31.7 Å². The van der Waals surface area contributed by atoms with Crippen LogP contribution in [0.4, 0.5) is 0 Å². The van der Waals surface area contributed by atoms with Crippen molar-refractivity contribution in [2.24, 2.45) is 0 Å². The van der Waals surface area contributed by atoms with Gasteiger partial charge in [0.1, 0.15) is 17.9 Å². The summed E-state index contributed by atoms with van der Waals surface area (Å²) in [7, 11) is 0. The maximum Gasteiger partial charge on any atom is 0.269 e. The second kappa shape index (κ2) is 4.32. The number of nitrogens with one attached hydrogen (secondary N) is 1. The van der Waals surface area contributed by atoms with E-state index in [1.54, 1.807) is 6.92 Å². The van der Waals surface area contributed by atoms with Crippen LogP contribution >= 0.6 is 0 Å². The van der Waals surface area contributed by atoms with E-state index in [-0.39, 0.29) is 18.3 Å². The topological polar surface area (TPSA) is 95.4 Å². The first-order valence-electron chi connectivity index (χ1n) is 5.12. The Kier molecular flexibility index (Phi) is 3.04. The molecule has 2 heterocycles. The van der Waals surface area contributed by atoms with Gasteiger partial charge < -0.3 is 19.9 Å². The third-order valence-corrected chi connectivity index (χ3v) is 2.71. The van der Waals surface area contributed by atoms with Gasteiger partial charge in [0.15, 0.2) is 0 Å². The summed E-state index contributed by atoms with van der Waals surface area (Å²) in [6.45, 7) is 1.39. The van der Waals surface area contributed by atoms with Gasteiger partial charge in [0.05, 0.1) is 18.4 Å². The number of hydrogen-bond donors (Lipinski definition) is 3. The van der Waals surface area contributed by atoms with Crippen molar-refractivity contribution in [3.63, 3.8) is 0 Å². The molecule has 2 rings (SSSR count). The maximum atomic E-state index is 11.1. The summed E-state index contributed by atoms with van der Waals surface area (Å²) in [6.07, 6.45) is 0.224. The molecule has 3 unspecified atom stereocenters. The molecule has 1 saturated heterocycles. The summed E-state index contributed by atoms with van der Waals surface area (Å²) in [4.78, 5) is 17.8. The number of aromatic amines is 1. The standard InChI is InChI=1S/C10H14N2O4/c1-5-10(15)11-3-6(12-5)8-2-7(14)9(4-13)16-8/h3,7-9,13-14H,2,4H2,1H3,(H,11,15). The van der Waals surface area contributed by atoms with Crippen LogP contribution < -0.4 is 5.56 Å². The van der Waals surface area contributed by atoms with Crippen LogP contribution in [0.3, 0.4) is 0 Å². The minimum Gasteiger partial charge on any atom is -0.394 e. The molecule has 3 atom stereocenters. The second-order valence-electron chi connectivity index (χ2n) is 3.89. The minimum absolute atomic E-state index is 0.222. The van der Waals surface area contributed by atoms with Gasteiger partial charge in [-0.1, -0.05) is 0 Å². The highest BCUT2D eigenvalue weighted by molar-refractivity contribution is 5.07. The molecule has 0 radical (unpaired) electrons. The van der Waals surface area contributed by atoms with Crippen molar-refractivity contribution in [1.29, 1.82) is 0 Å². The second-order valence-corrected chi connectivity index (χ2v) is 3.89. The zero-order valence-electron chi connectivity index (χ0n) is 8.88. The summed E-state index contributed by atoms with van der Waals surface area (Å²) in [5.74, 6) is 0. The van der Waals surface area contributed by atoms with Gasteiger partial charge in [0, 0.05) is 12.6 Å². The molecule has 1 fully saturated rings. The van der Waals surface area contributed by atoms with Gasteiger partial charge in [-0.25, -0.2) is 4.98 Å². The highest BCUT2D eigenvalue weighted by Gasteiger charge is 2.35. The molecule has 1 aromatic heterocycles.